The van der Waals surface area contributed by atoms with Gasteiger partial charge in [-0.2, -0.15) is 0 Å². The van der Waals surface area contributed by atoms with Gasteiger partial charge in [-0.25, -0.2) is 9.78 Å². The molecule has 0 saturated heterocycles. The second kappa shape index (κ2) is 8.71. The van der Waals surface area contributed by atoms with Gasteiger partial charge >= 0.3 is 6.09 Å². The predicted molar refractivity (Wildman–Crippen MR) is 108 cm³/mol. The smallest absolute Gasteiger partial charge is 0.411 e. The number of benzene rings is 1. The Kier molecular flexibility index (Phi) is 6.10. The van der Waals surface area contributed by atoms with Crippen LogP contribution in [0.2, 0.25) is 0 Å². The molecule has 0 fully saturated rings. The van der Waals surface area contributed by atoms with Crippen LogP contribution >= 0.6 is 0 Å². The fourth-order valence-electron chi connectivity index (χ4n) is 3.11. The number of nitrogens with two attached hydrogens (primary N) is 1. The molecule has 3 rings (SSSR count). The summed E-state index contributed by atoms with van der Waals surface area (Å²) in [6, 6.07) is 4.98. The van der Waals surface area contributed by atoms with Gasteiger partial charge in [-0.05, 0) is 37.0 Å². The minimum Gasteiger partial charge on any atom is -0.453 e. The molecule has 2 aromatic rings. The third-order valence-electron chi connectivity index (χ3n) is 4.73. The van der Waals surface area contributed by atoms with E-state index in [4.69, 9.17) is 5.73 Å². The van der Waals surface area contributed by atoms with Gasteiger partial charge in [-0.3, -0.25) is 10.1 Å². The first-order chi connectivity index (χ1) is 13.5. The summed E-state index contributed by atoms with van der Waals surface area (Å²) in [5, 5.41) is 5.57. The van der Waals surface area contributed by atoms with Crippen LogP contribution in [0.4, 0.5) is 16.2 Å². The van der Waals surface area contributed by atoms with E-state index >= 15 is 0 Å². The number of hydrogen-bond donors (Lipinski definition) is 4. The number of methoxy groups -OCH3 is 1. The summed E-state index contributed by atoms with van der Waals surface area (Å²) in [6.45, 7) is 2.05. The van der Waals surface area contributed by atoms with Gasteiger partial charge in [0.2, 0.25) is 5.91 Å². The number of fused-ring (bicyclic) bond motifs is 4. The van der Waals surface area contributed by atoms with E-state index in [0.29, 0.717) is 30.0 Å². The first kappa shape index (κ1) is 19.6. The van der Waals surface area contributed by atoms with Crippen molar-refractivity contribution in [3.63, 3.8) is 0 Å². The van der Waals surface area contributed by atoms with Crippen molar-refractivity contribution >= 4 is 23.4 Å². The molecule has 1 aliphatic heterocycles. The van der Waals surface area contributed by atoms with E-state index in [9.17, 15) is 9.59 Å². The molecular weight excluding hydrogens is 358 g/mol. The van der Waals surface area contributed by atoms with Crippen molar-refractivity contribution in [2.75, 3.05) is 17.7 Å². The highest BCUT2D eigenvalue weighted by Gasteiger charge is 2.17. The van der Waals surface area contributed by atoms with Crippen LogP contribution in [0.1, 0.15) is 38.1 Å². The monoisotopic (exact) mass is 383 g/mol. The number of ether oxygens (including phenoxy) is 1. The molecule has 5 N–H and O–H groups in total. The lowest BCUT2D eigenvalue weighted by atomic mass is 10.00. The topological polar surface area (TPSA) is 122 Å². The number of rotatable bonds is 2. The molecule has 2 amide bonds. The van der Waals surface area contributed by atoms with E-state index in [-0.39, 0.29) is 17.9 Å². The molecule has 2 atom stereocenters. The molecule has 2 heterocycles. The van der Waals surface area contributed by atoms with E-state index in [0.717, 1.165) is 17.7 Å². The zero-order valence-corrected chi connectivity index (χ0v) is 16.0. The number of imidazole rings is 1. The Labute approximate surface area is 163 Å². The second-order valence-corrected chi connectivity index (χ2v) is 6.75. The Hall–Kier alpha value is -3.13. The van der Waals surface area contributed by atoms with Gasteiger partial charge in [0.1, 0.15) is 5.82 Å². The lowest BCUT2D eigenvalue weighted by Crippen LogP contribution is -2.17. The van der Waals surface area contributed by atoms with Crippen LogP contribution in [-0.4, -0.2) is 29.1 Å². The molecule has 0 spiro atoms. The lowest BCUT2D eigenvalue weighted by molar-refractivity contribution is -0.116. The summed E-state index contributed by atoms with van der Waals surface area (Å²) >= 11 is 0. The Morgan fingerprint density at radius 2 is 2.25 bits per heavy atom. The van der Waals surface area contributed by atoms with Crippen molar-refractivity contribution in [1.29, 1.82) is 0 Å². The third kappa shape index (κ3) is 4.58. The second-order valence-electron chi connectivity index (χ2n) is 6.75. The van der Waals surface area contributed by atoms with Crippen LogP contribution in [0.5, 0.6) is 0 Å². The van der Waals surface area contributed by atoms with Crippen molar-refractivity contribution in [3.05, 3.63) is 42.4 Å². The van der Waals surface area contributed by atoms with E-state index in [1.807, 2.05) is 19.1 Å². The molecule has 148 valence electrons. The molecule has 2 bridgehead atoms. The minimum atomic E-state index is -0.582. The number of nitrogens with one attached hydrogen (secondary N) is 3. The zero-order chi connectivity index (χ0) is 20.1. The molecule has 28 heavy (non-hydrogen) atoms. The SMILES string of the molecule is CCC1/C=C\C[C@H](N)c2ncc([nH]2)-c2ccc(NC(=O)OC)cc2NC(=O)C1. The first-order valence-corrected chi connectivity index (χ1v) is 9.26. The van der Waals surface area contributed by atoms with Gasteiger partial charge in [-0.15, -0.1) is 0 Å². The number of H-pyrrole nitrogens is 1. The van der Waals surface area contributed by atoms with Gasteiger partial charge in [0.25, 0.3) is 0 Å². The van der Waals surface area contributed by atoms with Crippen LogP contribution in [0.15, 0.2) is 36.5 Å². The molecule has 1 aliphatic rings. The molecule has 1 aromatic carbocycles. The lowest BCUT2D eigenvalue weighted by Gasteiger charge is -2.14. The molecule has 1 unspecified atom stereocenters. The Morgan fingerprint density at radius 1 is 1.43 bits per heavy atom. The van der Waals surface area contributed by atoms with E-state index in [2.05, 4.69) is 25.3 Å². The van der Waals surface area contributed by atoms with Crippen LogP contribution < -0.4 is 16.4 Å². The quantitative estimate of drug-likeness (QED) is 0.591. The molecular formula is C20H25N5O3. The van der Waals surface area contributed by atoms with Crippen LogP contribution in [-0.2, 0) is 9.53 Å². The molecule has 0 aliphatic carbocycles. The number of aromatic nitrogens is 2. The number of hydrogen-bond acceptors (Lipinski definition) is 5. The van der Waals surface area contributed by atoms with Crippen molar-refractivity contribution in [1.82, 2.24) is 9.97 Å². The maximum atomic E-state index is 12.6. The van der Waals surface area contributed by atoms with Gasteiger partial charge in [0.15, 0.2) is 0 Å². The maximum Gasteiger partial charge on any atom is 0.411 e. The van der Waals surface area contributed by atoms with Crippen molar-refractivity contribution in [2.24, 2.45) is 11.7 Å². The fourth-order valence-corrected chi connectivity index (χ4v) is 3.11. The van der Waals surface area contributed by atoms with E-state index in [1.165, 1.54) is 7.11 Å². The standard InChI is InChI=1S/C20H25N5O3/c1-3-12-5-4-6-15(21)19-22-11-17(25-19)14-8-7-13(23-20(27)28-2)10-16(14)24-18(26)9-12/h4-5,7-8,10-12,15H,3,6,9,21H2,1-2H3,(H,22,25)(H,23,27)(H,24,26)/b5-4-/t12?,15-/m0/s1. The summed E-state index contributed by atoms with van der Waals surface area (Å²) in [5.74, 6) is 0.705. The number of allylic oxidation sites excluding steroid dienone is 1. The zero-order valence-electron chi connectivity index (χ0n) is 16.0. The summed E-state index contributed by atoms with van der Waals surface area (Å²) in [6.07, 6.45) is 7.01. The Balaban J connectivity index is 2.02. The number of nitrogens with zero attached hydrogens (tertiary/aromatic N) is 1. The highest BCUT2D eigenvalue weighted by atomic mass is 16.5. The molecule has 1 aromatic heterocycles. The normalized spacial score (nSPS) is 20.6. The van der Waals surface area contributed by atoms with Crippen molar-refractivity contribution < 1.29 is 14.3 Å². The van der Waals surface area contributed by atoms with Gasteiger partial charge in [0.05, 0.1) is 30.7 Å². The van der Waals surface area contributed by atoms with Gasteiger partial charge in [0, 0.05) is 17.7 Å². The molecule has 0 radical (unpaired) electrons. The largest absolute Gasteiger partial charge is 0.453 e. The van der Waals surface area contributed by atoms with E-state index in [1.54, 1.807) is 24.4 Å². The Bertz CT molecular complexity index is 890. The molecule has 8 heteroatoms. The average molecular weight is 383 g/mol. The average Bonchev–Trinajstić information content (AvgIpc) is 3.16. The number of amides is 2. The number of aromatic amines is 1. The van der Waals surface area contributed by atoms with Crippen LogP contribution in [0, 0.1) is 5.92 Å². The first-order valence-electron chi connectivity index (χ1n) is 9.26. The summed E-state index contributed by atoms with van der Waals surface area (Å²) in [4.78, 5) is 31.8. The van der Waals surface area contributed by atoms with Crippen LogP contribution in [0.3, 0.4) is 0 Å². The number of anilines is 2. The van der Waals surface area contributed by atoms with Crippen molar-refractivity contribution in [3.8, 4) is 11.3 Å². The summed E-state index contributed by atoms with van der Waals surface area (Å²) in [5.41, 5.74) is 8.82. The van der Waals surface area contributed by atoms with E-state index < -0.39 is 6.09 Å². The number of carbonyl (C=O) groups excluding carboxylic acids is 2. The third-order valence-corrected chi connectivity index (χ3v) is 4.73. The molecule has 8 nitrogen and oxygen atoms in total. The highest BCUT2D eigenvalue weighted by molar-refractivity contribution is 5.97. The highest BCUT2D eigenvalue weighted by Crippen LogP contribution is 2.31. The maximum absolute atomic E-state index is 12.6. The Morgan fingerprint density at radius 3 is 3.00 bits per heavy atom. The minimum absolute atomic E-state index is 0.101. The van der Waals surface area contributed by atoms with Crippen LogP contribution in [0.25, 0.3) is 11.3 Å². The predicted octanol–water partition coefficient (Wildman–Crippen LogP) is 3.57. The van der Waals surface area contributed by atoms with Gasteiger partial charge in [-0.1, -0.05) is 19.1 Å². The molecule has 0 saturated carbocycles. The fraction of sp³-hybridized carbons (Fsp3) is 0.350. The summed E-state index contributed by atoms with van der Waals surface area (Å²) < 4.78 is 4.63. The number of carbonyl (C=O) groups is 2. The summed E-state index contributed by atoms with van der Waals surface area (Å²) in [7, 11) is 1.29. The van der Waals surface area contributed by atoms with Gasteiger partial charge < -0.3 is 20.8 Å². The van der Waals surface area contributed by atoms with Crippen molar-refractivity contribution in [2.45, 2.75) is 32.2 Å².